The fourth-order valence-corrected chi connectivity index (χ4v) is 20.9. The lowest BCUT2D eigenvalue weighted by Crippen LogP contribution is -2.43. The van der Waals surface area contributed by atoms with Crippen LogP contribution in [-0.4, -0.2) is 269 Å². The fourth-order valence-electron chi connectivity index (χ4n) is 17.8. The van der Waals surface area contributed by atoms with Crippen LogP contribution in [0.2, 0.25) is 0 Å². The first-order chi connectivity index (χ1) is 61.1. The predicted octanol–water partition coefficient (Wildman–Crippen LogP) is 8.11. The Bertz CT molecular complexity index is 6280. The number of likely N-dealkylation sites (N-methyl/N-ethyl adjacent to an activating group) is 3. The molecule has 4 aliphatic heterocycles. The highest BCUT2D eigenvalue weighted by atomic mass is 32.2. The van der Waals surface area contributed by atoms with Gasteiger partial charge in [0.15, 0.2) is 0 Å². The van der Waals surface area contributed by atoms with Crippen molar-refractivity contribution >= 4 is 126 Å². The number of nitrogens with zero attached hydrogens (tertiary/aromatic N) is 14. The average Bonchev–Trinajstić information content (AvgIpc) is 1.56. The lowest BCUT2D eigenvalue weighted by Gasteiger charge is -2.37. The summed E-state index contributed by atoms with van der Waals surface area (Å²) in [5, 5.41) is 2.77. The normalized spacial score (nSPS) is 16.0. The molecule has 0 bridgehead atoms. The summed E-state index contributed by atoms with van der Waals surface area (Å²) in [6.07, 6.45) is 20.6. The number of pyridine rings is 6. The van der Waals surface area contributed by atoms with E-state index in [4.69, 9.17) is 19.9 Å². The fraction of sp³-hybridized carbons (Fsp3) is 0.418. The van der Waals surface area contributed by atoms with Gasteiger partial charge in [-0.1, -0.05) is 49.6 Å². The van der Waals surface area contributed by atoms with Crippen molar-refractivity contribution in [2.75, 3.05) is 183 Å². The topological polar surface area (TPSA) is 464 Å². The minimum atomic E-state index is -4.07. The molecule has 3 fully saturated rings. The predicted molar refractivity (Wildman–Crippen MR) is 501 cm³/mol. The molecule has 0 unspecified atom stereocenters. The van der Waals surface area contributed by atoms with E-state index in [0.717, 1.165) is 189 Å². The van der Waals surface area contributed by atoms with Crippen LogP contribution in [0.3, 0.4) is 0 Å². The van der Waals surface area contributed by atoms with Crippen molar-refractivity contribution in [3.05, 3.63) is 162 Å². The van der Waals surface area contributed by atoms with E-state index >= 15 is 0 Å². The third kappa shape index (κ3) is 19.4. The van der Waals surface area contributed by atoms with Gasteiger partial charge in [0.25, 0.3) is 11.8 Å². The largest absolute Gasteiger partial charge is 0.476 e. The Kier molecular flexibility index (Phi) is 28.7. The lowest BCUT2D eigenvalue weighted by atomic mass is 9.64. The number of nitrogens with one attached hydrogen (secondary N) is 3. The number of hydrazine groups is 1. The SMILES string of the molecule is CN(C)CCCOc1ncc(-c2ccc3ncc4c(c3c2)C2(CCC2)C(=O)N4C)cc1NS(=O)(=O)CCN.CN(C)CCCOc1ncc(-c2ccc3ncc4c(c3c2)C2(CCC2)C(=O)N4C)cc1NS(=O)(=O)CCN(C)C.CN(C)CCCOc1ncc(-c2ccc3ncc4c(c3c2)C2(CCC2)C(=O)N4C)cc1NS(=O)(=O)CCN1C(=O)c2ccccc2C1=O.NN.O. The van der Waals surface area contributed by atoms with Crippen LogP contribution in [0, 0.1) is 0 Å². The van der Waals surface area contributed by atoms with Crippen LogP contribution in [0.1, 0.15) is 114 Å². The Labute approximate surface area is 751 Å². The number of anilines is 6. The summed E-state index contributed by atoms with van der Waals surface area (Å²) < 4.78 is 104. The molecule has 0 radical (unpaired) electrons. The first-order valence-electron chi connectivity index (χ1n) is 42.8. The number of fused-ring (bicyclic) bond motifs is 13. The Morgan fingerprint density at radius 3 is 0.984 bits per heavy atom. The standard InChI is InChI=1S/C35H36N6O6S.C29H38N6O4S.C27H34N6O4S.H4N2.H2O/c1-39(2)14-7-16-47-31-28(38-48(45,46)17-15-41-32(42)24-8-4-5-9-25(24)33(41)43)19-23(20-37-31)22-10-11-27-26(18-22)30-29(21-36-27)40(3)34(44)35(30)12-6-13-35;1-33(2)12-7-14-39-27-24(32-40(37,38)15-13-34(3)4)17-21(18-31-27)20-8-9-23-22(16-20)26-25(19-30-23)35(5)28(36)29(26)10-6-11-29;1-32(2)11-5-12-37-25-22(31-38(35,36)13-10-28)15-19(16-30-25)18-6-7-21-20(14-18)24-23(17-29-21)33(3)26(34)27(24)8-4-9-27;1-2;/h4-5,8-11,18-21,38H,6-7,12-17H2,1-3H3;8-9,16-19,32H,6-7,10-15H2,1-5H3;6-7,14-17,31H,4-5,8-13,28H2,1-3H3;1-2H2;1H2. The van der Waals surface area contributed by atoms with Gasteiger partial charge in [0.1, 0.15) is 17.1 Å². The molecule has 4 aromatic carbocycles. The molecule has 11 N–H and O–H groups in total. The van der Waals surface area contributed by atoms with Crippen LogP contribution in [-0.2, 0) is 60.7 Å². The number of hydrogen-bond donors (Lipinski definition) is 6. The van der Waals surface area contributed by atoms with E-state index in [1.54, 1.807) is 101 Å². The summed E-state index contributed by atoms with van der Waals surface area (Å²) >= 11 is 0. The molecule has 3 aliphatic carbocycles. The summed E-state index contributed by atoms with van der Waals surface area (Å²) in [6.45, 7) is 3.64. The molecule has 686 valence electrons. The first-order valence-corrected chi connectivity index (χ1v) is 47.7. The van der Waals surface area contributed by atoms with Gasteiger partial charge < -0.3 is 59.7 Å². The maximum Gasteiger partial charge on any atom is 0.261 e. The van der Waals surface area contributed by atoms with Crippen molar-refractivity contribution < 1.29 is 68.9 Å². The van der Waals surface area contributed by atoms with Crippen molar-refractivity contribution in [3.63, 3.8) is 0 Å². The van der Waals surface area contributed by atoms with Crippen LogP contribution in [0.25, 0.3) is 66.1 Å². The third-order valence-electron chi connectivity index (χ3n) is 24.8. The molecular weight excluding hydrogens is 1710 g/mol. The Morgan fingerprint density at radius 2 is 0.698 bits per heavy atom. The number of nitrogens with two attached hydrogens (primary N) is 3. The van der Waals surface area contributed by atoms with Crippen molar-refractivity contribution in [3.8, 4) is 51.0 Å². The third-order valence-corrected chi connectivity index (χ3v) is 28.6. The van der Waals surface area contributed by atoms with Crippen LogP contribution < -0.4 is 60.5 Å². The van der Waals surface area contributed by atoms with E-state index in [2.05, 4.69) is 65.6 Å². The number of rotatable bonds is 32. The minimum Gasteiger partial charge on any atom is -0.476 e. The van der Waals surface area contributed by atoms with Gasteiger partial charge in [-0.3, -0.25) is 69.7 Å². The quantitative estimate of drug-likeness (QED) is 0.0100. The molecule has 7 aliphatic rings. The molecular formula is C91H114N20O15S3. The number of benzene rings is 4. The highest BCUT2D eigenvalue weighted by molar-refractivity contribution is 7.93. The van der Waals surface area contributed by atoms with Gasteiger partial charge in [-0.2, -0.15) is 0 Å². The van der Waals surface area contributed by atoms with E-state index in [1.807, 2.05) is 135 Å². The maximum absolute atomic E-state index is 13.4. The van der Waals surface area contributed by atoms with E-state index in [-0.39, 0.29) is 87.9 Å². The van der Waals surface area contributed by atoms with Crippen molar-refractivity contribution in [1.82, 2.24) is 54.4 Å². The van der Waals surface area contributed by atoms with Gasteiger partial charge in [-0.15, -0.1) is 0 Å². The van der Waals surface area contributed by atoms with Crippen LogP contribution in [0.4, 0.5) is 34.1 Å². The first kappa shape index (κ1) is 95.0. The highest BCUT2D eigenvalue weighted by Crippen LogP contribution is 2.58. The molecule has 5 amide bonds. The van der Waals surface area contributed by atoms with Crippen LogP contribution in [0.15, 0.2) is 134 Å². The zero-order chi connectivity index (χ0) is 91.5. The summed E-state index contributed by atoms with van der Waals surface area (Å²) in [6, 6.07) is 29.2. The second kappa shape index (κ2) is 39.0. The van der Waals surface area contributed by atoms with Gasteiger partial charge in [0.05, 0.1) is 117 Å². The second-order valence-electron chi connectivity index (χ2n) is 34.6. The highest BCUT2D eigenvalue weighted by Gasteiger charge is 2.57. The summed E-state index contributed by atoms with van der Waals surface area (Å²) in [5.41, 5.74) is 17.9. The van der Waals surface area contributed by atoms with Gasteiger partial charge in [-0.25, -0.2) is 40.2 Å². The van der Waals surface area contributed by atoms with Crippen molar-refractivity contribution in [2.24, 2.45) is 17.4 Å². The van der Waals surface area contributed by atoms with Gasteiger partial charge in [0.2, 0.25) is 65.4 Å². The number of ether oxygens (including phenoxy) is 3. The molecule has 3 spiro atoms. The average molecular weight is 1820 g/mol. The van der Waals surface area contributed by atoms with E-state index in [0.29, 0.717) is 44.0 Å². The molecule has 10 aromatic rings. The van der Waals surface area contributed by atoms with Crippen molar-refractivity contribution in [2.45, 2.75) is 93.3 Å². The molecule has 10 heterocycles. The summed E-state index contributed by atoms with van der Waals surface area (Å²) in [7, 11) is 9.58. The monoisotopic (exact) mass is 1820 g/mol. The number of hydrogen-bond acceptors (Lipinski definition) is 27. The zero-order valence-corrected chi connectivity index (χ0v) is 77.1. The van der Waals surface area contributed by atoms with Crippen molar-refractivity contribution in [1.29, 1.82) is 0 Å². The van der Waals surface area contributed by atoms with Gasteiger partial charge in [0, 0.05) is 129 Å². The Morgan fingerprint density at radius 1 is 0.395 bits per heavy atom. The molecule has 35 nitrogen and oxygen atoms in total. The minimum absolute atomic E-state index is 0. The second-order valence-corrected chi connectivity index (χ2v) is 40.1. The molecule has 129 heavy (non-hydrogen) atoms. The molecule has 6 aromatic heterocycles. The number of amides is 5. The zero-order valence-electron chi connectivity index (χ0n) is 74.6. The number of aromatic nitrogens is 6. The molecule has 38 heteroatoms. The number of imide groups is 1. The Balaban J connectivity index is 0.000000164. The molecule has 3 saturated carbocycles. The summed E-state index contributed by atoms with van der Waals surface area (Å²) in [5.74, 6) is 7.13. The Hall–Kier alpha value is -11.6. The van der Waals surface area contributed by atoms with E-state index in [1.165, 1.54) is 0 Å². The van der Waals surface area contributed by atoms with E-state index < -0.39 is 63.9 Å². The van der Waals surface area contributed by atoms with E-state index in [9.17, 15) is 49.2 Å². The molecule has 0 atom stereocenters. The maximum atomic E-state index is 13.4. The van der Waals surface area contributed by atoms with Crippen LogP contribution >= 0.6 is 0 Å². The number of carbonyl (C=O) groups is 5. The molecule has 0 saturated heterocycles. The van der Waals surface area contributed by atoms with Gasteiger partial charge in [-0.05, 0) is 198 Å². The molecule has 17 rings (SSSR count). The number of sulfonamides is 3. The smallest absolute Gasteiger partial charge is 0.261 e. The van der Waals surface area contributed by atoms with Crippen LogP contribution in [0.5, 0.6) is 17.6 Å². The van der Waals surface area contributed by atoms with Gasteiger partial charge >= 0.3 is 0 Å². The lowest BCUT2D eigenvalue weighted by molar-refractivity contribution is -0.126. The summed E-state index contributed by atoms with van der Waals surface area (Å²) in [4.78, 5) is 107. The number of carbonyl (C=O) groups excluding carboxylic acids is 5.